The normalized spacial score (nSPS) is 8.78. The predicted molar refractivity (Wildman–Crippen MR) is 31.0 cm³/mol. The van der Waals surface area contributed by atoms with Gasteiger partial charge in [0.2, 0.25) is 5.88 Å². The molecule has 0 bridgehead atoms. The molecule has 0 aromatic carbocycles. The van der Waals surface area contributed by atoms with Gasteiger partial charge in [-0.1, -0.05) is 0 Å². The van der Waals surface area contributed by atoms with Crippen LogP contribution in [-0.4, -0.2) is 15.1 Å². The third kappa shape index (κ3) is 0.795. The number of H-pyrrole nitrogens is 2. The number of aromatic nitrogens is 2. The summed E-state index contributed by atoms with van der Waals surface area (Å²) in [7, 11) is 0. The lowest BCUT2D eigenvalue weighted by Gasteiger charge is -1.78. The second kappa shape index (κ2) is 1.71. The Morgan fingerprint density at radius 2 is 2.22 bits per heavy atom. The molecule has 0 fully saturated rings. The second-order valence-electron chi connectivity index (χ2n) is 1.45. The molecule has 1 aromatic heterocycles. The van der Waals surface area contributed by atoms with Crippen molar-refractivity contribution in [2.75, 3.05) is 0 Å². The summed E-state index contributed by atoms with van der Waals surface area (Å²) in [5.74, 6) is 1.79. The second-order valence-corrected chi connectivity index (χ2v) is 1.45. The molecule has 1 heterocycles. The Hall–Kier alpha value is -1.63. The molecule has 0 aliphatic carbocycles. The van der Waals surface area contributed by atoms with Gasteiger partial charge in [0, 0.05) is 0 Å². The van der Waals surface area contributed by atoms with Crippen LogP contribution in [0.4, 0.5) is 0 Å². The van der Waals surface area contributed by atoms with Gasteiger partial charge in [0.1, 0.15) is 0 Å². The molecule has 46 valence electrons. The fraction of sp³-hybridized carbons (Fsp3) is 0. The molecule has 0 unspecified atom stereocenters. The van der Waals surface area contributed by atoms with Crippen molar-refractivity contribution in [2.45, 2.75) is 0 Å². The van der Waals surface area contributed by atoms with Gasteiger partial charge in [0.15, 0.2) is 5.69 Å². The van der Waals surface area contributed by atoms with Crippen LogP contribution in [0, 0.1) is 12.3 Å². The van der Waals surface area contributed by atoms with Crippen molar-refractivity contribution < 1.29 is 5.11 Å². The number of aromatic amines is 2. The van der Waals surface area contributed by atoms with Gasteiger partial charge < -0.3 is 5.11 Å². The lowest BCUT2D eigenvalue weighted by Crippen LogP contribution is -1.99. The molecular weight excluding hydrogens is 120 g/mol. The first kappa shape index (κ1) is 5.51. The van der Waals surface area contributed by atoms with Gasteiger partial charge in [-0.3, -0.25) is 9.97 Å². The number of hydrogen-bond donors (Lipinski definition) is 3. The molecule has 3 N–H and O–H groups in total. The molecule has 9 heavy (non-hydrogen) atoms. The Bertz CT molecular complexity index is 301. The number of imidazole rings is 1. The number of hydrogen-bond acceptors (Lipinski definition) is 2. The summed E-state index contributed by atoms with van der Waals surface area (Å²) in [6.07, 6.45) is 4.86. The summed E-state index contributed by atoms with van der Waals surface area (Å²) in [6, 6.07) is 0. The van der Waals surface area contributed by atoms with Crippen LogP contribution in [-0.2, 0) is 0 Å². The average molecular weight is 124 g/mol. The molecular formula is C5H4N2O2. The zero-order chi connectivity index (χ0) is 6.85. The van der Waals surface area contributed by atoms with Crippen LogP contribution < -0.4 is 5.69 Å². The van der Waals surface area contributed by atoms with Crippen LogP contribution in [0.25, 0.3) is 0 Å². The maximum Gasteiger partial charge on any atom is 0.326 e. The highest BCUT2D eigenvalue weighted by Crippen LogP contribution is 2.02. The smallest absolute Gasteiger partial charge is 0.326 e. The molecule has 1 rings (SSSR count). The Kier molecular flexibility index (Phi) is 1.04. The van der Waals surface area contributed by atoms with Gasteiger partial charge in [-0.25, -0.2) is 4.79 Å². The van der Waals surface area contributed by atoms with Gasteiger partial charge in [-0.05, 0) is 5.92 Å². The van der Waals surface area contributed by atoms with Crippen molar-refractivity contribution in [3.63, 3.8) is 0 Å². The molecule has 1 aromatic rings. The predicted octanol–water partition coefficient (Wildman–Crippen LogP) is -0.610. The van der Waals surface area contributed by atoms with Crippen LogP contribution in [0.15, 0.2) is 4.79 Å². The lowest BCUT2D eigenvalue weighted by molar-refractivity contribution is 0.454. The van der Waals surface area contributed by atoms with Crippen molar-refractivity contribution >= 4 is 0 Å². The summed E-state index contributed by atoms with van der Waals surface area (Å²) in [5, 5.41) is 8.70. The fourth-order valence-electron chi connectivity index (χ4n) is 0.478. The fourth-order valence-corrected chi connectivity index (χ4v) is 0.478. The van der Waals surface area contributed by atoms with E-state index in [1.807, 2.05) is 0 Å². The summed E-state index contributed by atoms with van der Waals surface area (Å²) in [5.41, 5.74) is -0.416. The van der Waals surface area contributed by atoms with Crippen LogP contribution >= 0.6 is 0 Å². The standard InChI is InChI=1S/C5H4N2O2/c1-2-3-4(8)7-5(9)6-3/h1,8H,(H2,6,7,9). The zero-order valence-corrected chi connectivity index (χ0v) is 4.43. The third-order valence-electron chi connectivity index (χ3n) is 0.852. The van der Waals surface area contributed by atoms with E-state index in [1.54, 1.807) is 0 Å². The SMILES string of the molecule is C#Cc1[nH]c(=O)[nH]c1O. The quantitative estimate of drug-likeness (QED) is 0.404. The molecule has 0 aliphatic heterocycles. The first-order chi connectivity index (χ1) is 4.24. The molecule has 0 spiro atoms. The first-order valence-corrected chi connectivity index (χ1v) is 2.22. The number of rotatable bonds is 0. The van der Waals surface area contributed by atoms with Gasteiger partial charge >= 0.3 is 5.69 Å². The molecule has 0 atom stereocenters. The molecule has 0 radical (unpaired) electrons. The summed E-state index contributed by atoms with van der Waals surface area (Å²) < 4.78 is 0. The highest BCUT2D eigenvalue weighted by molar-refractivity contribution is 5.32. The van der Waals surface area contributed by atoms with E-state index in [2.05, 4.69) is 15.9 Å². The van der Waals surface area contributed by atoms with E-state index < -0.39 is 5.69 Å². The first-order valence-electron chi connectivity index (χ1n) is 2.22. The van der Waals surface area contributed by atoms with Gasteiger partial charge in [-0.15, -0.1) is 6.42 Å². The topological polar surface area (TPSA) is 68.9 Å². The van der Waals surface area contributed by atoms with Crippen LogP contribution in [0.1, 0.15) is 5.69 Å². The van der Waals surface area contributed by atoms with Gasteiger partial charge in [-0.2, -0.15) is 0 Å². The monoisotopic (exact) mass is 124 g/mol. The molecule has 4 nitrogen and oxygen atoms in total. The lowest BCUT2D eigenvalue weighted by atomic mass is 10.5. The minimum absolute atomic E-state index is 0.0833. The Labute approximate surface area is 50.5 Å². The summed E-state index contributed by atoms with van der Waals surface area (Å²) >= 11 is 0. The van der Waals surface area contributed by atoms with E-state index in [9.17, 15) is 4.79 Å². The third-order valence-corrected chi connectivity index (χ3v) is 0.852. The van der Waals surface area contributed by atoms with E-state index in [1.165, 1.54) is 0 Å². The zero-order valence-electron chi connectivity index (χ0n) is 4.43. The number of aromatic hydroxyl groups is 1. The Morgan fingerprint density at radius 1 is 1.56 bits per heavy atom. The van der Waals surface area contributed by atoms with Crippen molar-refractivity contribution in [1.82, 2.24) is 9.97 Å². The average Bonchev–Trinajstić information content (AvgIpc) is 2.10. The maximum atomic E-state index is 10.3. The highest BCUT2D eigenvalue weighted by atomic mass is 16.3. The molecule has 4 heteroatoms. The molecule has 0 amide bonds. The van der Waals surface area contributed by atoms with E-state index in [0.717, 1.165) is 0 Å². The van der Waals surface area contributed by atoms with E-state index in [-0.39, 0.29) is 11.6 Å². The van der Waals surface area contributed by atoms with E-state index in [4.69, 9.17) is 11.5 Å². The van der Waals surface area contributed by atoms with Crippen LogP contribution in [0.2, 0.25) is 0 Å². The van der Waals surface area contributed by atoms with Crippen molar-refractivity contribution in [1.29, 1.82) is 0 Å². The summed E-state index contributed by atoms with van der Waals surface area (Å²) in [4.78, 5) is 14.6. The van der Waals surface area contributed by atoms with E-state index >= 15 is 0 Å². The highest BCUT2D eigenvalue weighted by Gasteiger charge is 1.98. The van der Waals surface area contributed by atoms with Crippen molar-refractivity contribution in [2.24, 2.45) is 0 Å². The van der Waals surface area contributed by atoms with Gasteiger partial charge in [0.25, 0.3) is 0 Å². The minimum atomic E-state index is -0.500. The Balaban J connectivity index is 3.37. The number of terminal acetylenes is 1. The summed E-state index contributed by atoms with van der Waals surface area (Å²) in [6.45, 7) is 0. The Morgan fingerprint density at radius 3 is 2.44 bits per heavy atom. The van der Waals surface area contributed by atoms with Gasteiger partial charge in [0.05, 0.1) is 0 Å². The van der Waals surface area contributed by atoms with Crippen molar-refractivity contribution in [3.05, 3.63) is 16.2 Å². The molecule has 0 aliphatic rings. The van der Waals surface area contributed by atoms with Crippen LogP contribution in [0.3, 0.4) is 0 Å². The van der Waals surface area contributed by atoms with Crippen molar-refractivity contribution in [3.8, 4) is 18.2 Å². The molecule has 0 saturated carbocycles. The van der Waals surface area contributed by atoms with E-state index in [0.29, 0.717) is 0 Å². The minimum Gasteiger partial charge on any atom is -0.493 e. The maximum absolute atomic E-state index is 10.3. The molecule has 0 saturated heterocycles. The largest absolute Gasteiger partial charge is 0.493 e. The van der Waals surface area contributed by atoms with Crippen LogP contribution in [0.5, 0.6) is 5.88 Å². The number of nitrogens with one attached hydrogen (secondary N) is 2.